The molecule has 0 aliphatic rings. The summed E-state index contributed by atoms with van der Waals surface area (Å²) in [6.45, 7) is 5.38. The molecule has 6 heteroatoms. The first-order valence-corrected chi connectivity index (χ1v) is 12.7. The van der Waals surface area contributed by atoms with Crippen LogP contribution in [0.4, 0.5) is 0 Å². The summed E-state index contributed by atoms with van der Waals surface area (Å²) >= 11 is 0. The third-order valence-electron chi connectivity index (χ3n) is 6.62. The van der Waals surface area contributed by atoms with E-state index in [1.165, 1.54) is 11.1 Å². The highest BCUT2D eigenvalue weighted by atomic mass is 15.5. The van der Waals surface area contributed by atoms with Crippen molar-refractivity contribution in [1.29, 1.82) is 0 Å². The van der Waals surface area contributed by atoms with Crippen LogP contribution in [0.1, 0.15) is 22.3 Å². The monoisotopic (exact) mass is 496 g/mol. The molecule has 38 heavy (non-hydrogen) atoms. The van der Waals surface area contributed by atoms with Gasteiger partial charge in [-0.2, -0.15) is 0 Å². The summed E-state index contributed by atoms with van der Waals surface area (Å²) in [7, 11) is 0. The van der Waals surface area contributed by atoms with Gasteiger partial charge < -0.3 is 0 Å². The maximum Gasteiger partial charge on any atom is 0.122 e. The Labute approximate surface area is 222 Å². The van der Waals surface area contributed by atoms with Crippen molar-refractivity contribution in [3.8, 4) is 33.9 Å². The molecule has 0 amide bonds. The predicted octanol–water partition coefficient (Wildman–Crippen LogP) is 6.58. The van der Waals surface area contributed by atoms with Gasteiger partial charge in [0.05, 0.1) is 13.1 Å². The van der Waals surface area contributed by atoms with Crippen molar-refractivity contribution in [2.45, 2.75) is 26.9 Å². The van der Waals surface area contributed by atoms with Gasteiger partial charge in [0.1, 0.15) is 22.8 Å². The maximum absolute atomic E-state index is 4.70. The van der Waals surface area contributed by atoms with Crippen LogP contribution in [0, 0.1) is 13.8 Å². The molecule has 0 fully saturated rings. The number of aryl methyl sites for hydroxylation is 2. The summed E-state index contributed by atoms with van der Waals surface area (Å²) in [6, 6.07) is 37.4. The van der Waals surface area contributed by atoms with Gasteiger partial charge in [-0.25, -0.2) is 9.36 Å². The van der Waals surface area contributed by atoms with E-state index in [9.17, 15) is 0 Å². The van der Waals surface area contributed by atoms with E-state index in [-0.39, 0.29) is 0 Å². The molecule has 4 aromatic carbocycles. The summed E-state index contributed by atoms with van der Waals surface area (Å²) in [5.41, 5.74) is 10.2. The minimum atomic E-state index is 0.584. The number of nitrogens with zero attached hydrogens (tertiary/aromatic N) is 6. The van der Waals surface area contributed by atoms with Gasteiger partial charge >= 0.3 is 0 Å². The topological polar surface area (TPSA) is 61.4 Å². The van der Waals surface area contributed by atoms with E-state index in [1.54, 1.807) is 0 Å². The summed E-state index contributed by atoms with van der Waals surface area (Å²) in [4.78, 5) is 0. The van der Waals surface area contributed by atoms with Gasteiger partial charge in [-0.1, -0.05) is 131 Å². The molecule has 2 heterocycles. The molecule has 186 valence electrons. The number of aromatic nitrogens is 6. The van der Waals surface area contributed by atoms with Gasteiger partial charge in [-0.05, 0) is 25.0 Å². The molecule has 0 bridgehead atoms. The molecule has 0 N–H and O–H groups in total. The van der Waals surface area contributed by atoms with Gasteiger partial charge in [0.25, 0.3) is 0 Å². The Balaban J connectivity index is 1.58. The van der Waals surface area contributed by atoms with E-state index < -0.39 is 0 Å². The van der Waals surface area contributed by atoms with Gasteiger partial charge in [0, 0.05) is 11.1 Å². The molecular formula is C32H28N6. The van der Waals surface area contributed by atoms with E-state index >= 15 is 0 Å². The van der Waals surface area contributed by atoms with Crippen LogP contribution in [0.15, 0.2) is 109 Å². The Morgan fingerprint density at radius 2 is 0.921 bits per heavy atom. The Hall–Kier alpha value is -4.84. The number of rotatable bonds is 7. The van der Waals surface area contributed by atoms with E-state index in [4.69, 9.17) is 10.2 Å². The van der Waals surface area contributed by atoms with Crippen molar-refractivity contribution < 1.29 is 0 Å². The van der Waals surface area contributed by atoms with Crippen molar-refractivity contribution >= 4 is 0 Å². The second kappa shape index (κ2) is 10.3. The molecule has 0 atom stereocenters. The highest BCUT2D eigenvalue weighted by Gasteiger charge is 2.26. The molecule has 0 unspecified atom stereocenters. The minimum Gasteiger partial charge on any atom is -0.238 e. The second-order valence-electron chi connectivity index (χ2n) is 9.60. The van der Waals surface area contributed by atoms with Crippen LogP contribution in [0.5, 0.6) is 0 Å². The van der Waals surface area contributed by atoms with Crippen LogP contribution in [0.3, 0.4) is 0 Å². The molecule has 0 aliphatic carbocycles. The fourth-order valence-electron chi connectivity index (χ4n) is 4.86. The molecule has 2 aromatic heterocycles. The highest BCUT2D eigenvalue weighted by molar-refractivity contribution is 5.84. The zero-order valence-electron chi connectivity index (χ0n) is 21.5. The van der Waals surface area contributed by atoms with Crippen molar-refractivity contribution in [2.24, 2.45) is 0 Å². The average molecular weight is 497 g/mol. The Kier molecular flexibility index (Phi) is 6.36. The van der Waals surface area contributed by atoms with Crippen LogP contribution >= 0.6 is 0 Å². The van der Waals surface area contributed by atoms with Gasteiger partial charge in [0.2, 0.25) is 0 Å². The van der Waals surface area contributed by atoms with Crippen LogP contribution in [-0.4, -0.2) is 30.0 Å². The lowest BCUT2D eigenvalue weighted by Gasteiger charge is -2.13. The van der Waals surface area contributed by atoms with E-state index in [2.05, 4.69) is 97.1 Å². The summed E-state index contributed by atoms with van der Waals surface area (Å²) in [5, 5.41) is 18.7. The number of hydrogen-bond acceptors (Lipinski definition) is 4. The third-order valence-corrected chi connectivity index (χ3v) is 6.62. The maximum atomic E-state index is 4.70. The molecule has 6 rings (SSSR count). The van der Waals surface area contributed by atoms with Gasteiger partial charge in [-0.3, -0.25) is 0 Å². The summed E-state index contributed by atoms with van der Waals surface area (Å²) in [6.07, 6.45) is 0. The zero-order chi connectivity index (χ0) is 25.9. The van der Waals surface area contributed by atoms with Crippen molar-refractivity contribution in [3.05, 3.63) is 131 Å². The fourth-order valence-corrected chi connectivity index (χ4v) is 4.86. The van der Waals surface area contributed by atoms with Gasteiger partial charge in [-0.15, -0.1) is 10.2 Å². The van der Waals surface area contributed by atoms with E-state index in [0.717, 1.165) is 45.0 Å². The van der Waals surface area contributed by atoms with Crippen molar-refractivity contribution in [1.82, 2.24) is 30.0 Å². The standard InChI is InChI=1S/C32H28N6/c1-23-11-9-13-25(19-23)21-37-31(29(33-35-37)27-15-5-3-6-16-27)32-30(28-17-7-4-8-18-28)34-36-38(32)22-26-14-10-12-24(2)20-26/h3-20H,21-22H2,1-2H3. The van der Waals surface area contributed by atoms with Gasteiger partial charge in [0.15, 0.2) is 0 Å². The van der Waals surface area contributed by atoms with E-state index in [0.29, 0.717) is 13.1 Å². The summed E-state index contributed by atoms with van der Waals surface area (Å²) < 4.78 is 3.96. The third kappa shape index (κ3) is 4.76. The average Bonchev–Trinajstić information content (AvgIpc) is 3.53. The first kappa shape index (κ1) is 23.6. The Morgan fingerprint density at radius 3 is 1.32 bits per heavy atom. The number of hydrogen-bond donors (Lipinski definition) is 0. The Bertz CT molecular complexity index is 1550. The van der Waals surface area contributed by atoms with Crippen LogP contribution in [0.2, 0.25) is 0 Å². The smallest absolute Gasteiger partial charge is 0.122 e. The number of benzene rings is 4. The second-order valence-corrected chi connectivity index (χ2v) is 9.60. The fraction of sp³-hybridized carbons (Fsp3) is 0.125. The molecule has 0 spiro atoms. The summed E-state index contributed by atoms with van der Waals surface area (Å²) in [5.74, 6) is 0. The molecule has 0 radical (unpaired) electrons. The van der Waals surface area contributed by atoms with Crippen LogP contribution in [-0.2, 0) is 13.1 Å². The lowest BCUT2D eigenvalue weighted by atomic mass is 10.0. The molecule has 0 saturated heterocycles. The molecular weight excluding hydrogens is 468 g/mol. The van der Waals surface area contributed by atoms with Crippen molar-refractivity contribution in [3.63, 3.8) is 0 Å². The Morgan fingerprint density at radius 1 is 0.500 bits per heavy atom. The molecule has 0 saturated carbocycles. The lowest BCUT2D eigenvalue weighted by Crippen LogP contribution is -2.10. The van der Waals surface area contributed by atoms with E-state index in [1.807, 2.05) is 45.8 Å². The lowest BCUT2D eigenvalue weighted by molar-refractivity contribution is 0.630. The molecule has 6 nitrogen and oxygen atoms in total. The highest BCUT2D eigenvalue weighted by Crippen LogP contribution is 2.36. The quantitative estimate of drug-likeness (QED) is 0.250. The zero-order valence-corrected chi connectivity index (χ0v) is 21.5. The first-order chi connectivity index (χ1) is 18.7. The molecule has 0 aliphatic heterocycles. The van der Waals surface area contributed by atoms with Crippen LogP contribution in [0.25, 0.3) is 33.9 Å². The largest absolute Gasteiger partial charge is 0.238 e. The van der Waals surface area contributed by atoms with Crippen LogP contribution < -0.4 is 0 Å². The molecule has 6 aromatic rings. The minimum absolute atomic E-state index is 0.584. The SMILES string of the molecule is Cc1cccc(Cn2nnc(-c3ccccc3)c2-c2c(-c3ccccc3)nnn2Cc2cccc(C)c2)c1. The van der Waals surface area contributed by atoms with Crippen molar-refractivity contribution in [2.75, 3.05) is 0 Å². The predicted molar refractivity (Wildman–Crippen MR) is 150 cm³/mol. The normalized spacial score (nSPS) is 11.1. The first-order valence-electron chi connectivity index (χ1n) is 12.7.